The SMILES string of the molecule is COc1ccccc1C(=O)N1CCN(C(C#N)c2ccccc2F)CC1. The number of rotatable bonds is 4. The molecule has 0 N–H and O–H groups in total. The third-order valence-corrected chi connectivity index (χ3v) is 4.63. The van der Waals surface area contributed by atoms with E-state index >= 15 is 0 Å². The van der Waals surface area contributed by atoms with Gasteiger partial charge < -0.3 is 9.64 Å². The third-order valence-electron chi connectivity index (χ3n) is 4.63. The second-order valence-corrected chi connectivity index (χ2v) is 6.08. The van der Waals surface area contributed by atoms with E-state index in [1.807, 2.05) is 11.0 Å². The summed E-state index contributed by atoms with van der Waals surface area (Å²) >= 11 is 0. The van der Waals surface area contributed by atoms with Crippen molar-refractivity contribution in [2.75, 3.05) is 33.3 Å². The Bertz CT molecular complexity index is 826. The summed E-state index contributed by atoms with van der Waals surface area (Å²) in [4.78, 5) is 16.4. The fraction of sp³-hybridized carbons (Fsp3) is 0.300. The Morgan fingerprint density at radius 1 is 1.12 bits per heavy atom. The summed E-state index contributed by atoms with van der Waals surface area (Å²) in [7, 11) is 1.54. The molecule has 0 saturated carbocycles. The third kappa shape index (κ3) is 3.53. The zero-order valence-electron chi connectivity index (χ0n) is 14.6. The average molecular weight is 353 g/mol. The maximum Gasteiger partial charge on any atom is 0.257 e. The van der Waals surface area contributed by atoms with Gasteiger partial charge in [0, 0.05) is 31.7 Å². The van der Waals surface area contributed by atoms with Gasteiger partial charge in [-0.15, -0.1) is 0 Å². The molecule has 2 aromatic rings. The van der Waals surface area contributed by atoms with Gasteiger partial charge in [0.2, 0.25) is 0 Å². The van der Waals surface area contributed by atoms with Crippen LogP contribution in [0.25, 0.3) is 0 Å². The van der Waals surface area contributed by atoms with Crippen LogP contribution in [0, 0.1) is 17.1 Å². The van der Waals surface area contributed by atoms with Gasteiger partial charge in [0.1, 0.15) is 17.6 Å². The van der Waals surface area contributed by atoms with Crippen molar-refractivity contribution in [3.63, 3.8) is 0 Å². The Labute approximate surface area is 152 Å². The number of halogens is 1. The second kappa shape index (κ2) is 7.98. The largest absolute Gasteiger partial charge is 0.496 e. The molecule has 1 fully saturated rings. The Hall–Kier alpha value is -2.91. The van der Waals surface area contributed by atoms with Gasteiger partial charge in [0.05, 0.1) is 18.7 Å². The number of amides is 1. The Kier molecular flexibility index (Phi) is 5.49. The number of carbonyl (C=O) groups excluding carboxylic acids is 1. The summed E-state index contributed by atoms with van der Waals surface area (Å²) in [6, 6.07) is 15.0. The van der Waals surface area contributed by atoms with E-state index in [0.717, 1.165) is 0 Å². The van der Waals surface area contributed by atoms with Crippen LogP contribution < -0.4 is 4.74 Å². The number of nitrogens with zero attached hydrogens (tertiary/aromatic N) is 3. The predicted octanol–water partition coefficient (Wildman–Crippen LogP) is 2.86. The Balaban J connectivity index is 1.70. The van der Waals surface area contributed by atoms with Gasteiger partial charge in [0.15, 0.2) is 0 Å². The molecule has 2 aromatic carbocycles. The summed E-state index contributed by atoms with van der Waals surface area (Å²) in [5, 5.41) is 9.52. The van der Waals surface area contributed by atoms with Gasteiger partial charge in [0.25, 0.3) is 5.91 Å². The van der Waals surface area contributed by atoms with E-state index in [0.29, 0.717) is 43.1 Å². The first-order chi connectivity index (χ1) is 12.7. The quantitative estimate of drug-likeness (QED) is 0.848. The number of hydrogen-bond acceptors (Lipinski definition) is 4. The van der Waals surface area contributed by atoms with Crippen molar-refractivity contribution < 1.29 is 13.9 Å². The minimum Gasteiger partial charge on any atom is -0.496 e. The zero-order chi connectivity index (χ0) is 18.5. The molecular weight excluding hydrogens is 333 g/mol. The molecule has 5 nitrogen and oxygen atoms in total. The van der Waals surface area contributed by atoms with E-state index in [4.69, 9.17) is 4.74 Å². The minimum atomic E-state index is -0.653. The Morgan fingerprint density at radius 3 is 2.42 bits per heavy atom. The van der Waals surface area contributed by atoms with Crippen molar-refractivity contribution in [2.45, 2.75) is 6.04 Å². The highest BCUT2D eigenvalue weighted by Crippen LogP contribution is 2.25. The maximum atomic E-state index is 14.0. The first kappa shape index (κ1) is 17.9. The molecule has 3 rings (SSSR count). The lowest BCUT2D eigenvalue weighted by molar-refractivity contribution is 0.0601. The van der Waals surface area contributed by atoms with Crippen LogP contribution in [-0.2, 0) is 0 Å². The molecule has 1 aliphatic rings. The molecular formula is C20H20FN3O2. The van der Waals surface area contributed by atoms with Crippen LogP contribution in [0.5, 0.6) is 5.75 Å². The average Bonchev–Trinajstić information content (AvgIpc) is 2.70. The number of hydrogen-bond donors (Lipinski definition) is 0. The van der Waals surface area contributed by atoms with E-state index in [1.165, 1.54) is 13.2 Å². The fourth-order valence-electron chi connectivity index (χ4n) is 3.22. The van der Waals surface area contributed by atoms with Gasteiger partial charge >= 0.3 is 0 Å². The second-order valence-electron chi connectivity index (χ2n) is 6.08. The van der Waals surface area contributed by atoms with Crippen LogP contribution in [0.15, 0.2) is 48.5 Å². The van der Waals surface area contributed by atoms with Crippen LogP contribution >= 0.6 is 0 Å². The molecule has 0 spiro atoms. The number of carbonyl (C=O) groups is 1. The molecule has 1 saturated heterocycles. The Morgan fingerprint density at radius 2 is 1.77 bits per heavy atom. The molecule has 26 heavy (non-hydrogen) atoms. The molecule has 1 amide bonds. The molecule has 0 radical (unpaired) electrons. The van der Waals surface area contributed by atoms with Crippen LogP contribution in [0.2, 0.25) is 0 Å². The van der Waals surface area contributed by atoms with Crippen LogP contribution in [0.4, 0.5) is 4.39 Å². The summed E-state index contributed by atoms with van der Waals surface area (Å²) in [6.07, 6.45) is 0. The van der Waals surface area contributed by atoms with Crippen molar-refractivity contribution in [3.05, 3.63) is 65.5 Å². The molecule has 1 aliphatic heterocycles. The molecule has 0 aliphatic carbocycles. The summed E-state index contributed by atoms with van der Waals surface area (Å²) in [5.41, 5.74) is 0.897. The van der Waals surface area contributed by atoms with Gasteiger partial charge in [-0.25, -0.2) is 4.39 Å². The number of methoxy groups -OCH3 is 1. The zero-order valence-corrected chi connectivity index (χ0v) is 14.6. The topological polar surface area (TPSA) is 56.6 Å². The molecule has 0 bridgehead atoms. The normalized spacial score (nSPS) is 16.0. The van der Waals surface area contributed by atoms with E-state index in [2.05, 4.69) is 6.07 Å². The number of nitriles is 1. The van der Waals surface area contributed by atoms with Gasteiger partial charge in [-0.3, -0.25) is 9.69 Å². The summed E-state index contributed by atoms with van der Waals surface area (Å²) in [5.74, 6) is 0.0641. The lowest BCUT2D eigenvalue weighted by atomic mass is 10.0. The van der Waals surface area contributed by atoms with Crippen molar-refractivity contribution in [2.24, 2.45) is 0 Å². The number of ether oxygens (including phenoxy) is 1. The fourth-order valence-corrected chi connectivity index (χ4v) is 3.22. The maximum absolute atomic E-state index is 14.0. The highest BCUT2D eigenvalue weighted by Gasteiger charge is 2.29. The monoisotopic (exact) mass is 353 g/mol. The molecule has 134 valence electrons. The van der Waals surface area contributed by atoms with Gasteiger partial charge in [-0.2, -0.15) is 5.26 Å². The van der Waals surface area contributed by atoms with E-state index in [-0.39, 0.29) is 11.7 Å². The lowest BCUT2D eigenvalue weighted by Gasteiger charge is -2.37. The van der Waals surface area contributed by atoms with Crippen molar-refractivity contribution in [3.8, 4) is 11.8 Å². The van der Waals surface area contributed by atoms with Crippen molar-refractivity contribution in [1.29, 1.82) is 5.26 Å². The molecule has 1 heterocycles. The van der Waals surface area contributed by atoms with Gasteiger partial charge in [-0.05, 0) is 18.2 Å². The molecule has 1 atom stereocenters. The highest BCUT2D eigenvalue weighted by atomic mass is 19.1. The molecule has 6 heteroatoms. The van der Waals surface area contributed by atoms with E-state index < -0.39 is 6.04 Å². The number of para-hydroxylation sites is 1. The van der Waals surface area contributed by atoms with E-state index in [1.54, 1.807) is 41.3 Å². The first-order valence-electron chi connectivity index (χ1n) is 8.46. The summed E-state index contributed by atoms with van der Waals surface area (Å²) in [6.45, 7) is 1.97. The van der Waals surface area contributed by atoms with Crippen molar-refractivity contribution >= 4 is 5.91 Å². The predicted molar refractivity (Wildman–Crippen MR) is 95.2 cm³/mol. The van der Waals surface area contributed by atoms with Crippen LogP contribution in [0.3, 0.4) is 0 Å². The molecule has 1 unspecified atom stereocenters. The molecule has 0 aromatic heterocycles. The first-order valence-corrected chi connectivity index (χ1v) is 8.46. The van der Waals surface area contributed by atoms with Crippen LogP contribution in [0.1, 0.15) is 22.0 Å². The minimum absolute atomic E-state index is 0.0958. The van der Waals surface area contributed by atoms with Crippen LogP contribution in [-0.4, -0.2) is 49.0 Å². The van der Waals surface area contributed by atoms with Gasteiger partial charge in [-0.1, -0.05) is 30.3 Å². The van der Waals surface area contributed by atoms with Crippen molar-refractivity contribution in [1.82, 2.24) is 9.80 Å². The van der Waals surface area contributed by atoms with E-state index in [9.17, 15) is 14.4 Å². The highest BCUT2D eigenvalue weighted by molar-refractivity contribution is 5.97. The standard InChI is InChI=1S/C20H20FN3O2/c1-26-19-9-5-3-7-16(19)20(25)24-12-10-23(11-13-24)18(14-22)15-6-2-4-8-17(15)21/h2-9,18H,10-13H2,1H3. The lowest BCUT2D eigenvalue weighted by Crippen LogP contribution is -2.49. The smallest absolute Gasteiger partial charge is 0.257 e. The number of benzene rings is 2. The summed E-state index contributed by atoms with van der Waals surface area (Å²) < 4.78 is 19.3. The number of piperazine rings is 1.